The molecule has 0 aliphatic rings. The van der Waals surface area contributed by atoms with E-state index >= 15 is 0 Å². The summed E-state index contributed by atoms with van der Waals surface area (Å²) in [6, 6.07) is 10.4. The van der Waals surface area contributed by atoms with E-state index in [9.17, 15) is 9.90 Å². The molecule has 8 nitrogen and oxygen atoms in total. The normalized spacial score (nSPS) is 11.9. The number of anilines is 2. The van der Waals surface area contributed by atoms with Crippen molar-refractivity contribution >= 4 is 23.0 Å². The van der Waals surface area contributed by atoms with Gasteiger partial charge in [-0.1, -0.05) is 19.1 Å². The van der Waals surface area contributed by atoms with Gasteiger partial charge in [-0.25, -0.2) is 15.0 Å². The number of carboxylic acids is 1. The SMILES string of the molecule is CCOc1ncc(Nc2cc([C@H](CC)CC(=O)O)ccc2-c2ccn3ccnc3c2)cn1. The van der Waals surface area contributed by atoms with Gasteiger partial charge in [0.2, 0.25) is 0 Å². The molecule has 0 radical (unpaired) electrons. The molecule has 0 saturated heterocycles. The van der Waals surface area contributed by atoms with Crippen LogP contribution in [0.15, 0.2) is 61.3 Å². The number of carboxylic acid groups (broad SMARTS) is 1. The third-order valence-corrected chi connectivity index (χ3v) is 5.32. The first-order valence-electron chi connectivity index (χ1n) is 10.6. The summed E-state index contributed by atoms with van der Waals surface area (Å²) in [5.74, 6) is -0.881. The van der Waals surface area contributed by atoms with Crippen molar-refractivity contribution in [3.05, 3.63) is 66.9 Å². The van der Waals surface area contributed by atoms with E-state index in [-0.39, 0.29) is 12.3 Å². The Kier molecular flexibility index (Phi) is 6.30. The fraction of sp³-hybridized carbons (Fsp3) is 0.250. The Morgan fingerprint density at radius 1 is 1.12 bits per heavy atom. The van der Waals surface area contributed by atoms with E-state index < -0.39 is 5.97 Å². The number of nitrogens with one attached hydrogen (secondary N) is 1. The molecule has 2 N–H and O–H groups in total. The maximum atomic E-state index is 11.3. The Balaban J connectivity index is 1.74. The van der Waals surface area contributed by atoms with E-state index in [0.29, 0.717) is 18.3 Å². The highest BCUT2D eigenvalue weighted by Crippen LogP contribution is 2.35. The van der Waals surface area contributed by atoms with Gasteiger partial charge in [0.15, 0.2) is 0 Å². The number of rotatable bonds is 9. The molecule has 3 aromatic heterocycles. The summed E-state index contributed by atoms with van der Waals surface area (Å²) < 4.78 is 7.27. The van der Waals surface area contributed by atoms with Crippen LogP contribution in [-0.4, -0.2) is 37.0 Å². The van der Waals surface area contributed by atoms with Gasteiger partial charge in [0.25, 0.3) is 0 Å². The van der Waals surface area contributed by atoms with Crippen LogP contribution in [0.5, 0.6) is 6.01 Å². The first-order chi connectivity index (χ1) is 15.6. The van der Waals surface area contributed by atoms with Crippen molar-refractivity contribution in [2.45, 2.75) is 32.6 Å². The molecule has 8 heteroatoms. The lowest BCUT2D eigenvalue weighted by Crippen LogP contribution is -2.06. The standard InChI is InChI=1S/C24H25N5O3/c1-3-16(13-23(30)31)17-5-6-20(18-7-9-29-10-8-25-22(29)12-18)21(11-17)28-19-14-26-24(27-15-19)32-4-2/h5-12,14-16,28H,3-4,13H2,1-2H3,(H,30,31)/t16-/m1/s1. The van der Waals surface area contributed by atoms with Crippen LogP contribution in [0.4, 0.5) is 11.4 Å². The fourth-order valence-corrected chi connectivity index (χ4v) is 3.70. The van der Waals surface area contributed by atoms with E-state index in [4.69, 9.17) is 4.74 Å². The number of fused-ring (bicyclic) bond motifs is 1. The maximum absolute atomic E-state index is 11.3. The zero-order valence-electron chi connectivity index (χ0n) is 18.0. The molecule has 0 aliphatic heterocycles. The Bertz CT molecular complexity index is 1220. The van der Waals surface area contributed by atoms with Crippen LogP contribution in [0.1, 0.15) is 38.2 Å². The van der Waals surface area contributed by atoms with E-state index in [2.05, 4.69) is 20.3 Å². The number of ether oxygens (including phenoxy) is 1. The largest absolute Gasteiger partial charge is 0.481 e. The van der Waals surface area contributed by atoms with Crippen molar-refractivity contribution in [3.63, 3.8) is 0 Å². The van der Waals surface area contributed by atoms with Crippen LogP contribution in [0.25, 0.3) is 16.8 Å². The first kappa shape index (κ1) is 21.3. The topological polar surface area (TPSA) is 102 Å². The Hall–Kier alpha value is -3.94. The predicted octanol–water partition coefficient (Wildman–Crippen LogP) is 4.90. The molecule has 1 aromatic carbocycles. The van der Waals surface area contributed by atoms with Gasteiger partial charge in [-0.05, 0) is 48.6 Å². The van der Waals surface area contributed by atoms with Crippen molar-refractivity contribution in [2.24, 2.45) is 0 Å². The summed E-state index contributed by atoms with van der Waals surface area (Å²) >= 11 is 0. The summed E-state index contributed by atoms with van der Waals surface area (Å²) in [5.41, 5.74) is 5.33. The molecule has 164 valence electrons. The molecule has 0 unspecified atom stereocenters. The van der Waals surface area contributed by atoms with Crippen LogP contribution in [0, 0.1) is 0 Å². The van der Waals surface area contributed by atoms with Gasteiger partial charge >= 0.3 is 12.0 Å². The molecule has 0 bridgehead atoms. The first-order valence-corrected chi connectivity index (χ1v) is 10.6. The molecule has 0 fully saturated rings. The molecule has 32 heavy (non-hydrogen) atoms. The van der Waals surface area contributed by atoms with Crippen molar-refractivity contribution in [1.82, 2.24) is 19.4 Å². The number of hydrogen-bond donors (Lipinski definition) is 2. The van der Waals surface area contributed by atoms with Gasteiger partial charge in [-0.2, -0.15) is 0 Å². The van der Waals surface area contributed by atoms with Crippen molar-refractivity contribution in [1.29, 1.82) is 0 Å². The molecule has 1 atom stereocenters. The van der Waals surface area contributed by atoms with E-state index in [1.807, 2.05) is 61.0 Å². The molecule has 0 saturated carbocycles. The molecule has 0 spiro atoms. The zero-order chi connectivity index (χ0) is 22.5. The second-order valence-electron chi connectivity index (χ2n) is 7.43. The molecule has 0 amide bonds. The highest BCUT2D eigenvalue weighted by molar-refractivity contribution is 5.83. The fourth-order valence-electron chi connectivity index (χ4n) is 3.70. The third-order valence-electron chi connectivity index (χ3n) is 5.32. The van der Waals surface area contributed by atoms with Gasteiger partial charge in [-0.15, -0.1) is 0 Å². The summed E-state index contributed by atoms with van der Waals surface area (Å²) in [6.07, 6.45) is 9.78. The molecule has 0 aliphatic carbocycles. The predicted molar refractivity (Wildman–Crippen MR) is 122 cm³/mol. The Morgan fingerprint density at radius 2 is 1.94 bits per heavy atom. The van der Waals surface area contributed by atoms with Gasteiger partial charge < -0.3 is 19.6 Å². The van der Waals surface area contributed by atoms with E-state index in [0.717, 1.165) is 34.4 Å². The van der Waals surface area contributed by atoms with Crippen molar-refractivity contribution in [3.8, 4) is 17.1 Å². The van der Waals surface area contributed by atoms with Crippen LogP contribution in [0.2, 0.25) is 0 Å². The lowest BCUT2D eigenvalue weighted by atomic mass is 9.90. The summed E-state index contributed by atoms with van der Waals surface area (Å²) in [7, 11) is 0. The minimum absolute atomic E-state index is 0.0755. The quantitative estimate of drug-likeness (QED) is 0.388. The van der Waals surface area contributed by atoms with E-state index in [1.165, 1.54) is 0 Å². The van der Waals surface area contributed by atoms with Crippen molar-refractivity contribution < 1.29 is 14.6 Å². The molecular formula is C24H25N5O3. The van der Waals surface area contributed by atoms with Crippen LogP contribution >= 0.6 is 0 Å². The lowest BCUT2D eigenvalue weighted by molar-refractivity contribution is -0.137. The minimum atomic E-state index is -0.805. The van der Waals surface area contributed by atoms with Crippen LogP contribution < -0.4 is 10.1 Å². The average molecular weight is 431 g/mol. The number of hydrogen-bond acceptors (Lipinski definition) is 6. The lowest BCUT2D eigenvalue weighted by Gasteiger charge is -2.18. The second-order valence-corrected chi connectivity index (χ2v) is 7.43. The van der Waals surface area contributed by atoms with E-state index in [1.54, 1.807) is 18.6 Å². The van der Waals surface area contributed by atoms with Crippen LogP contribution in [0.3, 0.4) is 0 Å². The molecular weight excluding hydrogens is 406 g/mol. The van der Waals surface area contributed by atoms with Gasteiger partial charge in [0.05, 0.1) is 31.1 Å². The number of aliphatic carboxylic acids is 1. The average Bonchev–Trinajstić information content (AvgIpc) is 3.27. The van der Waals surface area contributed by atoms with Gasteiger partial charge in [0.1, 0.15) is 5.65 Å². The Labute approximate surface area is 185 Å². The molecule has 4 rings (SSSR count). The monoisotopic (exact) mass is 431 g/mol. The zero-order valence-corrected chi connectivity index (χ0v) is 18.0. The Morgan fingerprint density at radius 3 is 2.66 bits per heavy atom. The molecule has 4 aromatic rings. The molecule has 3 heterocycles. The van der Waals surface area contributed by atoms with Crippen LogP contribution in [-0.2, 0) is 4.79 Å². The number of aromatic nitrogens is 4. The number of pyridine rings is 1. The number of benzene rings is 1. The smallest absolute Gasteiger partial charge is 0.316 e. The van der Waals surface area contributed by atoms with Crippen molar-refractivity contribution in [2.75, 3.05) is 11.9 Å². The number of imidazole rings is 1. The number of nitrogens with zero attached hydrogens (tertiary/aromatic N) is 4. The van der Waals surface area contributed by atoms with Gasteiger partial charge in [-0.3, -0.25) is 4.79 Å². The minimum Gasteiger partial charge on any atom is -0.481 e. The third kappa shape index (κ3) is 4.69. The second kappa shape index (κ2) is 9.47. The number of carbonyl (C=O) groups is 1. The van der Waals surface area contributed by atoms with Gasteiger partial charge in [0, 0.05) is 29.8 Å². The summed E-state index contributed by atoms with van der Waals surface area (Å²) in [6.45, 7) is 4.38. The maximum Gasteiger partial charge on any atom is 0.316 e. The summed E-state index contributed by atoms with van der Waals surface area (Å²) in [4.78, 5) is 24.2. The highest BCUT2D eigenvalue weighted by atomic mass is 16.5. The summed E-state index contributed by atoms with van der Waals surface area (Å²) in [5, 5.41) is 12.7. The highest BCUT2D eigenvalue weighted by Gasteiger charge is 2.17.